The zero-order valence-corrected chi connectivity index (χ0v) is 21.8. The Kier molecular flexibility index (Phi) is 6.14. The number of nitrogens with zero attached hydrogens (tertiary/aromatic N) is 5. The van der Waals surface area contributed by atoms with Gasteiger partial charge in [0.25, 0.3) is 0 Å². The van der Waals surface area contributed by atoms with E-state index in [0.717, 1.165) is 38.9 Å². The molecule has 1 aromatic carbocycles. The fourth-order valence-electron chi connectivity index (χ4n) is 4.52. The van der Waals surface area contributed by atoms with Gasteiger partial charge in [0.15, 0.2) is 10.8 Å². The zero-order valence-electron chi connectivity index (χ0n) is 19.4. The van der Waals surface area contributed by atoms with Crippen LogP contribution < -0.4 is 4.72 Å². The maximum atomic E-state index is 12.8. The van der Waals surface area contributed by atoms with Crippen molar-refractivity contribution in [1.29, 1.82) is 0 Å². The Morgan fingerprint density at radius 3 is 2.82 bits per heavy atom. The van der Waals surface area contributed by atoms with Crippen LogP contribution >= 0.6 is 22.9 Å². The number of aliphatic imine (C=N–C) groups is 1. The Bertz CT molecular complexity index is 1390. The number of fused-ring (bicyclic) bond motifs is 1. The van der Waals surface area contributed by atoms with E-state index in [4.69, 9.17) is 21.7 Å². The summed E-state index contributed by atoms with van der Waals surface area (Å²) >= 11 is 8.32. The minimum Gasteiger partial charge on any atom is -0.326 e. The average Bonchev–Trinajstić information content (AvgIpc) is 3.53. The Morgan fingerprint density at radius 1 is 1.35 bits per heavy atom. The number of benzene rings is 1. The third-order valence-corrected chi connectivity index (χ3v) is 8.96. The van der Waals surface area contributed by atoms with E-state index in [-0.39, 0.29) is 12.1 Å². The molecule has 3 aromatic rings. The molecule has 3 atom stereocenters. The molecule has 178 valence electrons. The average molecular weight is 515 g/mol. The summed E-state index contributed by atoms with van der Waals surface area (Å²) in [6, 6.07) is 7.73. The van der Waals surface area contributed by atoms with Crippen LogP contribution in [0.3, 0.4) is 0 Å². The largest absolute Gasteiger partial charge is 0.326 e. The van der Waals surface area contributed by atoms with Gasteiger partial charge in [-0.25, -0.2) is 9.71 Å². The van der Waals surface area contributed by atoms with Gasteiger partial charge < -0.3 is 4.90 Å². The number of aryl methyl sites for hydroxylation is 2. The number of amidine groups is 1. The van der Waals surface area contributed by atoms with E-state index in [9.17, 15) is 4.21 Å². The van der Waals surface area contributed by atoms with Crippen molar-refractivity contribution < 1.29 is 4.21 Å². The highest BCUT2D eigenvalue weighted by Crippen LogP contribution is 2.46. The standard InChI is InChI=1S/C24H27ClN6OS2/c1-5-34(4,32)29-16-13-20-21(19-8-10-30(3)28-19)22(17-7-6-15(2)12-18(17)25)27-23(31(20)14-16)24-26-9-11-33-24/h6-12,16,22H,4-5,13-14H2,1-3H3,(H,29,32)/t16?,22-,34?/m0/s1. The lowest BCUT2D eigenvalue weighted by Crippen LogP contribution is -2.39. The van der Waals surface area contributed by atoms with E-state index in [1.807, 2.05) is 44.6 Å². The van der Waals surface area contributed by atoms with Gasteiger partial charge in [0.1, 0.15) is 6.04 Å². The van der Waals surface area contributed by atoms with Crippen molar-refractivity contribution in [3.8, 4) is 0 Å². The van der Waals surface area contributed by atoms with Crippen molar-refractivity contribution in [3.05, 3.63) is 74.6 Å². The van der Waals surface area contributed by atoms with E-state index >= 15 is 0 Å². The maximum Gasteiger partial charge on any atom is 0.165 e. The van der Waals surface area contributed by atoms with Crippen molar-refractivity contribution in [2.24, 2.45) is 12.0 Å². The summed E-state index contributed by atoms with van der Waals surface area (Å²) < 4.78 is 17.9. The summed E-state index contributed by atoms with van der Waals surface area (Å²) in [4.78, 5) is 12.0. The van der Waals surface area contributed by atoms with Crippen LogP contribution in [0.1, 0.15) is 41.2 Å². The lowest BCUT2D eigenvalue weighted by atomic mass is 9.92. The first-order valence-electron chi connectivity index (χ1n) is 11.1. The molecule has 0 spiro atoms. The quantitative estimate of drug-likeness (QED) is 0.503. The molecule has 2 aromatic heterocycles. The van der Waals surface area contributed by atoms with Crippen LogP contribution in [0.4, 0.5) is 0 Å². The van der Waals surface area contributed by atoms with Crippen molar-refractivity contribution in [3.63, 3.8) is 0 Å². The summed E-state index contributed by atoms with van der Waals surface area (Å²) in [6.07, 6.45) is 4.41. The first-order valence-corrected chi connectivity index (χ1v) is 14.3. The second-order valence-electron chi connectivity index (χ2n) is 8.68. The van der Waals surface area contributed by atoms with Crippen LogP contribution in [0.2, 0.25) is 5.02 Å². The molecule has 0 radical (unpaired) electrons. The van der Waals surface area contributed by atoms with Gasteiger partial charge in [-0.3, -0.25) is 13.9 Å². The second-order valence-corrected chi connectivity index (χ2v) is 12.4. The van der Waals surface area contributed by atoms with Crippen LogP contribution in [0.5, 0.6) is 0 Å². The molecule has 1 saturated heterocycles. The first-order chi connectivity index (χ1) is 16.3. The molecule has 2 aliphatic rings. The number of aromatic nitrogens is 3. The van der Waals surface area contributed by atoms with Crippen LogP contribution in [-0.4, -0.2) is 53.9 Å². The molecule has 1 N–H and O–H groups in total. The minimum atomic E-state index is -2.37. The van der Waals surface area contributed by atoms with E-state index in [0.29, 0.717) is 23.7 Å². The molecular weight excluding hydrogens is 488 g/mol. The lowest BCUT2D eigenvalue weighted by Gasteiger charge is -2.32. The summed E-state index contributed by atoms with van der Waals surface area (Å²) in [5, 5.41) is 8.21. The van der Waals surface area contributed by atoms with Crippen LogP contribution in [0.15, 0.2) is 52.7 Å². The lowest BCUT2D eigenvalue weighted by molar-refractivity contribution is 0.532. The third kappa shape index (κ3) is 4.33. The van der Waals surface area contributed by atoms with Gasteiger partial charge in [-0.1, -0.05) is 30.7 Å². The Balaban J connectivity index is 1.70. The Morgan fingerprint density at radius 2 is 2.18 bits per heavy atom. The number of thiazole rings is 1. The molecule has 5 rings (SSSR count). The summed E-state index contributed by atoms with van der Waals surface area (Å²) in [5.74, 6) is 5.19. The Labute approximate surface area is 209 Å². The van der Waals surface area contributed by atoms with Crippen molar-refractivity contribution in [2.45, 2.75) is 32.4 Å². The van der Waals surface area contributed by atoms with Gasteiger partial charge in [0, 0.05) is 75.6 Å². The van der Waals surface area contributed by atoms with Gasteiger partial charge in [0.2, 0.25) is 0 Å². The molecular formula is C24H27ClN6OS2. The van der Waals surface area contributed by atoms with Crippen molar-refractivity contribution in [2.75, 3.05) is 12.3 Å². The predicted molar refractivity (Wildman–Crippen MR) is 142 cm³/mol. The Hall–Kier alpha value is -2.46. The zero-order chi connectivity index (χ0) is 24.0. The van der Waals surface area contributed by atoms with Crippen LogP contribution in [-0.2, 0) is 16.8 Å². The maximum absolute atomic E-state index is 12.8. The fraction of sp³-hybridized carbons (Fsp3) is 0.333. The molecule has 0 saturated carbocycles. The number of rotatable bonds is 6. The molecule has 10 heteroatoms. The molecule has 0 amide bonds. The third-order valence-electron chi connectivity index (χ3n) is 6.17. The van der Waals surface area contributed by atoms with Crippen molar-refractivity contribution in [1.82, 2.24) is 24.4 Å². The number of hydrogen-bond acceptors (Lipinski definition) is 6. The highest BCUT2D eigenvalue weighted by molar-refractivity contribution is 7.98. The van der Waals surface area contributed by atoms with Crippen molar-refractivity contribution >= 4 is 49.9 Å². The predicted octanol–water partition coefficient (Wildman–Crippen LogP) is 4.07. The van der Waals surface area contributed by atoms with Gasteiger partial charge in [-0.05, 0) is 36.1 Å². The SMILES string of the molecule is C=S(=O)(CC)NC1CC2=C(c3ccn(C)n3)[C@H](c3ccc(C)cc3Cl)N=C(c3nccs3)N2C1. The van der Waals surface area contributed by atoms with Gasteiger partial charge >= 0.3 is 0 Å². The van der Waals surface area contributed by atoms with E-state index in [1.165, 1.54) is 0 Å². The van der Waals surface area contributed by atoms with Gasteiger partial charge in [-0.2, -0.15) is 5.10 Å². The van der Waals surface area contributed by atoms with E-state index in [2.05, 4.69) is 32.6 Å². The normalized spacial score (nSPS) is 22.0. The summed E-state index contributed by atoms with van der Waals surface area (Å²) in [6.45, 7) is 4.55. The molecule has 0 bridgehead atoms. The fourth-order valence-corrected chi connectivity index (χ4v) is 6.43. The smallest absolute Gasteiger partial charge is 0.165 e. The summed E-state index contributed by atoms with van der Waals surface area (Å²) in [5.41, 5.74) is 5.00. The van der Waals surface area contributed by atoms with Gasteiger partial charge in [-0.15, -0.1) is 11.3 Å². The van der Waals surface area contributed by atoms with Crippen LogP contribution in [0.25, 0.3) is 5.57 Å². The number of hydrogen-bond donors (Lipinski definition) is 1. The van der Waals surface area contributed by atoms with Crippen LogP contribution in [0, 0.1) is 6.92 Å². The summed E-state index contributed by atoms with van der Waals surface area (Å²) in [7, 11) is -0.457. The second kappa shape index (κ2) is 8.96. The monoisotopic (exact) mass is 514 g/mol. The molecule has 34 heavy (non-hydrogen) atoms. The molecule has 1 fully saturated rings. The molecule has 2 aliphatic heterocycles. The molecule has 7 nitrogen and oxygen atoms in total. The molecule has 0 aliphatic carbocycles. The number of nitrogens with one attached hydrogen (secondary N) is 1. The van der Waals surface area contributed by atoms with E-state index < -0.39 is 9.71 Å². The molecule has 2 unspecified atom stereocenters. The molecule has 4 heterocycles. The topological polar surface area (TPSA) is 75.4 Å². The van der Waals surface area contributed by atoms with Gasteiger partial charge in [0.05, 0.1) is 5.69 Å². The highest BCUT2D eigenvalue weighted by atomic mass is 35.5. The number of halogens is 1. The first kappa shape index (κ1) is 23.3. The highest BCUT2D eigenvalue weighted by Gasteiger charge is 2.41. The van der Waals surface area contributed by atoms with E-state index in [1.54, 1.807) is 22.2 Å². The minimum absolute atomic E-state index is 0.0314.